The second kappa shape index (κ2) is 9.33. The predicted octanol–water partition coefficient (Wildman–Crippen LogP) is 4.81. The Hall–Kier alpha value is -3.82. The zero-order valence-corrected chi connectivity index (χ0v) is 20.1. The Morgan fingerprint density at radius 3 is 2.78 bits per heavy atom. The molecule has 0 bridgehead atoms. The fraction of sp³-hybridized carbons (Fsp3) is 0.192. The van der Waals surface area contributed by atoms with Gasteiger partial charge in [-0.1, -0.05) is 23.7 Å². The molecular weight excluding hydrogens is 490 g/mol. The van der Waals surface area contributed by atoms with Crippen molar-refractivity contribution in [2.24, 2.45) is 5.73 Å². The Kier molecular flexibility index (Phi) is 6.19. The van der Waals surface area contributed by atoms with Crippen molar-refractivity contribution in [1.29, 1.82) is 0 Å². The molecule has 0 spiro atoms. The van der Waals surface area contributed by atoms with Crippen LogP contribution in [0.1, 0.15) is 28.6 Å². The highest BCUT2D eigenvalue weighted by Crippen LogP contribution is 2.40. The summed E-state index contributed by atoms with van der Waals surface area (Å²) in [5.74, 6) is -0.904. The van der Waals surface area contributed by atoms with Crippen LogP contribution in [0, 0.1) is 25.5 Å². The molecule has 3 aromatic heterocycles. The molecule has 0 saturated carbocycles. The number of fused-ring (bicyclic) bond motifs is 1. The lowest BCUT2D eigenvalue weighted by Crippen LogP contribution is -2.23. The molecule has 0 aliphatic carbocycles. The summed E-state index contributed by atoms with van der Waals surface area (Å²) in [4.78, 5) is 21.6. The molecule has 5 rings (SSSR count). The molecule has 1 unspecified atom stereocenters. The van der Waals surface area contributed by atoms with Crippen LogP contribution in [0.25, 0.3) is 16.9 Å². The van der Waals surface area contributed by atoms with Gasteiger partial charge in [0.25, 0.3) is 5.56 Å². The van der Waals surface area contributed by atoms with Gasteiger partial charge in [-0.3, -0.25) is 19.3 Å². The van der Waals surface area contributed by atoms with E-state index in [2.05, 4.69) is 9.97 Å². The van der Waals surface area contributed by atoms with Crippen molar-refractivity contribution in [3.63, 3.8) is 0 Å². The van der Waals surface area contributed by atoms with Gasteiger partial charge in [0.05, 0.1) is 23.6 Å². The quantitative estimate of drug-likeness (QED) is 0.414. The van der Waals surface area contributed by atoms with E-state index in [1.54, 1.807) is 25.3 Å². The summed E-state index contributed by atoms with van der Waals surface area (Å²) >= 11 is 6.37. The Balaban J connectivity index is 1.52. The molecule has 0 amide bonds. The third-order valence-electron chi connectivity index (χ3n) is 5.99. The van der Waals surface area contributed by atoms with Crippen LogP contribution in [-0.2, 0) is 6.61 Å². The Morgan fingerprint density at radius 2 is 2.00 bits per heavy atom. The van der Waals surface area contributed by atoms with Gasteiger partial charge in [-0.2, -0.15) is 0 Å². The maximum absolute atomic E-state index is 13.9. The zero-order chi connectivity index (χ0) is 25.6. The molecule has 7 nitrogen and oxygen atoms in total. The van der Waals surface area contributed by atoms with Crippen LogP contribution in [0.5, 0.6) is 11.5 Å². The van der Waals surface area contributed by atoms with Gasteiger partial charge < -0.3 is 15.2 Å². The molecule has 36 heavy (non-hydrogen) atoms. The second-order valence-corrected chi connectivity index (χ2v) is 8.85. The number of ether oxygens (including phenoxy) is 2. The molecule has 1 aliphatic rings. The summed E-state index contributed by atoms with van der Waals surface area (Å²) in [7, 11) is 0. The molecule has 1 aliphatic heterocycles. The van der Waals surface area contributed by atoms with Crippen LogP contribution in [0.15, 0.2) is 53.6 Å². The monoisotopic (exact) mass is 510 g/mol. The van der Waals surface area contributed by atoms with Crippen LogP contribution in [0.4, 0.5) is 8.78 Å². The highest BCUT2D eigenvalue weighted by Gasteiger charge is 2.25. The van der Waals surface area contributed by atoms with Crippen LogP contribution in [0.3, 0.4) is 0 Å². The van der Waals surface area contributed by atoms with Gasteiger partial charge in [-0.15, -0.1) is 0 Å². The topological polar surface area (TPSA) is 92.3 Å². The first kappa shape index (κ1) is 23.9. The third kappa shape index (κ3) is 4.20. The van der Waals surface area contributed by atoms with E-state index in [9.17, 15) is 13.6 Å². The lowest BCUT2D eigenvalue weighted by atomic mass is 10.0. The predicted molar refractivity (Wildman–Crippen MR) is 131 cm³/mol. The van der Waals surface area contributed by atoms with Crippen molar-refractivity contribution in [2.75, 3.05) is 6.61 Å². The average molecular weight is 511 g/mol. The van der Waals surface area contributed by atoms with E-state index in [0.717, 1.165) is 22.9 Å². The molecule has 184 valence electrons. The summed E-state index contributed by atoms with van der Waals surface area (Å²) in [6, 6.07) is 9.57. The maximum atomic E-state index is 13.9. The van der Waals surface area contributed by atoms with Crippen LogP contribution in [-0.4, -0.2) is 21.1 Å². The van der Waals surface area contributed by atoms with Gasteiger partial charge in [-0.05, 0) is 31.5 Å². The largest absolute Gasteiger partial charge is 0.491 e. The molecule has 0 fully saturated rings. The van der Waals surface area contributed by atoms with Gasteiger partial charge in [0.15, 0.2) is 5.82 Å². The van der Waals surface area contributed by atoms with Crippen molar-refractivity contribution in [2.45, 2.75) is 26.5 Å². The Bertz CT molecular complexity index is 1560. The SMILES string of the molecule is Cc1cnc(-c2cccc3c2OCC3N)cc1-n1c(C)cc(OCc2ncc(F)cc2F)c(Cl)c1=O. The van der Waals surface area contributed by atoms with Crippen molar-refractivity contribution in [1.82, 2.24) is 14.5 Å². The summed E-state index contributed by atoms with van der Waals surface area (Å²) in [6.45, 7) is 3.62. The smallest absolute Gasteiger partial charge is 0.277 e. The Morgan fingerprint density at radius 1 is 1.19 bits per heavy atom. The lowest BCUT2D eigenvalue weighted by molar-refractivity contribution is 0.292. The van der Waals surface area contributed by atoms with Crippen LogP contribution in [0.2, 0.25) is 5.02 Å². The minimum absolute atomic E-state index is 0.0659. The van der Waals surface area contributed by atoms with E-state index >= 15 is 0 Å². The summed E-state index contributed by atoms with van der Waals surface area (Å²) in [5, 5.41) is -0.184. The highest BCUT2D eigenvalue weighted by molar-refractivity contribution is 6.31. The van der Waals surface area contributed by atoms with Crippen molar-refractivity contribution < 1.29 is 18.3 Å². The minimum Gasteiger partial charge on any atom is -0.491 e. The number of hydrogen-bond donors (Lipinski definition) is 1. The summed E-state index contributed by atoms with van der Waals surface area (Å²) in [6.07, 6.45) is 2.56. The fourth-order valence-electron chi connectivity index (χ4n) is 4.15. The minimum atomic E-state index is -0.853. The molecule has 0 saturated heterocycles. The summed E-state index contributed by atoms with van der Waals surface area (Å²) in [5.41, 5.74) is 9.65. The molecule has 1 atom stereocenters. The molecule has 0 radical (unpaired) electrons. The van der Waals surface area contributed by atoms with Gasteiger partial charge in [0.2, 0.25) is 0 Å². The standard InChI is InChI=1S/C26H21ClF2N4O3/c1-13-9-31-20(17-5-3-4-16-19(30)11-36-25(16)17)8-22(13)33-14(2)6-23(24(27)26(33)34)35-12-21-18(29)7-15(28)10-32-21/h3-10,19H,11-12,30H2,1-2H3. The number of rotatable bonds is 5. The number of hydrogen-bond acceptors (Lipinski definition) is 6. The number of aryl methyl sites for hydroxylation is 2. The van der Waals surface area contributed by atoms with E-state index in [-0.39, 0.29) is 29.1 Å². The van der Waals surface area contributed by atoms with Gasteiger partial charge in [-0.25, -0.2) is 8.78 Å². The lowest BCUT2D eigenvalue weighted by Gasteiger charge is -2.17. The fourth-order valence-corrected chi connectivity index (χ4v) is 4.35. The van der Waals surface area contributed by atoms with Crippen molar-refractivity contribution in [3.05, 3.63) is 98.3 Å². The second-order valence-electron chi connectivity index (χ2n) is 8.47. The Labute approximate surface area is 210 Å². The molecule has 10 heteroatoms. The zero-order valence-electron chi connectivity index (χ0n) is 19.4. The van der Waals surface area contributed by atoms with E-state index in [1.807, 2.05) is 25.1 Å². The van der Waals surface area contributed by atoms with E-state index < -0.39 is 17.2 Å². The first-order valence-electron chi connectivity index (χ1n) is 11.1. The average Bonchev–Trinajstić information content (AvgIpc) is 3.23. The van der Waals surface area contributed by atoms with Gasteiger partial charge in [0.1, 0.15) is 41.2 Å². The van der Waals surface area contributed by atoms with Crippen molar-refractivity contribution in [3.8, 4) is 28.4 Å². The van der Waals surface area contributed by atoms with E-state index in [0.29, 0.717) is 35.5 Å². The molecule has 2 N–H and O–H groups in total. The van der Waals surface area contributed by atoms with Gasteiger partial charge >= 0.3 is 0 Å². The van der Waals surface area contributed by atoms with Gasteiger partial charge in [0, 0.05) is 35.2 Å². The van der Waals surface area contributed by atoms with Crippen LogP contribution >= 0.6 is 11.6 Å². The normalized spacial score (nSPS) is 14.4. The number of aromatic nitrogens is 3. The number of benzene rings is 1. The number of pyridine rings is 3. The summed E-state index contributed by atoms with van der Waals surface area (Å²) < 4.78 is 39.9. The molecule has 1 aromatic carbocycles. The molecule has 4 heterocycles. The highest BCUT2D eigenvalue weighted by atomic mass is 35.5. The molecule has 4 aromatic rings. The van der Waals surface area contributed by atoms with Crippen molar-refractivity contribution >= 4 is 11.6 Å². The van der Waals surface area contributed by atoms with Crippen LogP contribution < -0.4 is 20.8 Å². The first-order chi connectivity index (χ1) is 17.2. The first-order valence-corrected chi connectivity index (χ1v) is 11.5. The van der Waals surface area contributed by atoms with E-state index in [4.69, 9.17) is 26.8 Å². The van der Waals surface area contributed by atoms with E-state index in [1.165, 1.54) is 4.57 Å². The number of nitrogens with two attached hydrogens (primary N) is 1. The maximum Gasteiger partial charge on any atom is 0.277 e. The number of halogens is 3. The molecular formula is C26H21ClF2N4O3. The number of nitrogens with zero attached hydrogens (tertiary/aromatic N) is 3. The third-order valence-corrected chi connectivity index (χ3v) is 6.34. The number of para-hydroxylation sites is 1.